The van der Waals surface area contributed by atoms with E-state index in [1.165, 1.54) is 6.39 Å². The summed E-state index contributed by atoms with van der Waals surface area (Å²) in [5.41, 5.74) is 4.10. The van der Waals surface area contributed by atoms with E-state index in [-0.39, 0.29) is 0 Å². The van der Waals surface area contributed by atoms with Crippen LogP contribution in [0.5, 0.6) is 0 Å². The molecule has 0 N–H and O–H groups in total. The normalized spacial score (nSPS) is 10.5. The molecular formula is C20H15N3O. The Morgan fingerprint density at radius 3 is 1.88 bits per heavy atom. The molecule has 0 aliphatic carbocycles. The number of hydrogen-bond donors (Lipinski definition) is 0. The summed E-state index contributed by atoms with van der Waals surface area (Å²) >= 11 is 0. The molecule has 0 saturated heterocycles. The predicted molar refractivity (Wildman–Crippen MR) is 94.4 cm³/mol. The van der Waals surface area contributed by atoms with Crippen molar-refractivity contribution >= 4 is 17.1 Å². The van der Waals surface area contributed by atoms with Crippen LogP contribution in [0.1, 0.15) is 0 Å². The van der Waals surface area contributed by atoms with Gasteiger partial charge in [0.05, 0.1) is 0 Å². The van der Waals surface area contributed by atoms with Crippen LogP contribution >= 0.6 is 0 Å². The van der Waals surface area contributed by atoms with Gasteiger partial charge in [-0.3, -0.25) is 0 Å². The number of hydrogen-bond acceptors (Lipinski definition) is 4. The second-order valence-electron chi connectivity index (χ2n) is 5.30. The van der Waals surface area contributed by atoms with Gasteiger partial charge in [-0.05, 0) is 42.5 Å². The molecule has 0 saturated carbocycles. The van der Waals surface area contributed by atoms with E-state index in [4.69, 9.17) is 4.42 Å². The van der Waals surface area contributed by atoms with Gasteiger partial charge in [-0.15, -0.1) is 10.2 Å². The van der Waals surface area contributed by atoms with Gasteiger partial charge in [0.2, 0.25) is 12.3 Å². The van der Waals surface area contributed by atoms with Crippen LogP contribution < -0.4 is 4.90 Å². The fourth-order valence-electron chi connectivity index (χ4n) is 2.68. The second kappa shape index (κ2) is 6.38. The first-order valence-corrected chi connectivity index (χ1v) is 7.69. The third kappa shape index (κ3) is 2.77. The van der Waals surface area contributed by atoms with Crippen molar-refractivity contribution < 1.29 is 4.42 Å². The topological polar surface area (TPSA) is 42.2 Å². The number of benzene rings is 3. The minimum absolute atomic E-state index is 0.512. The standard InChI is InChI=1S/C20H15N3O/c1-3-9-17(10-4-1)23(18-11-5-2-6-12-18)19-13-7-8-16(14-19)20-22-21-15-24-20/h1-15H. The third-order valence-electron chi connectivity index (χ3n) is 3.74. The minimum Gasteiger partial charge on any atom is -0.423 e. The molecule has 0 unspecified atom stereocenters. The molecule has 1 aromatic heterocycles. The fourth-order valence-corrected chi connectivity index (χ4v) is 2.68. The molecule has 0 spiro atoms. The lowest BCUT2D eigenvalue weighted by atomic mass is 10.1. The maximum atomic E-state index is 5.32. The number of nitrogens with zero attached hydrogens (tertiary/aromatic N) is 3. The average molecular weight is 313 g/mol. The molecule has 3 aromatic carbocycles. The smallest absolute Gasteiger partial charge is 0.247 e. The van der Waals surface area contributed by atoms with Gasteiger partial charge in [-0.1, -0.05) is 42.5 Å². The van der Waals surface area contributed by atoms with Crippen molar-refractivity contribution in [3.63, 3.8) is 0 Å². The molecule has 116 valence electrons. The first-order chi connectivity index (χ1) is 11.9. The van der Waals surface area contributed by atoms with E-state index < -0.39 is 0 Å². The number of aromatic nitrogens is 2. The lowest BCUT2D eigenvalue weighted by Gasteiger charge is -2.25. The van der Waals surface area contributed by atoms with E-state index in [1.54, 1.807) is 0 Å². The zero-order chi connectivity index (χ0) is 16.2. The van der Waals surface area contributed by atoms with Gasteiger partial charge in [-0.25, -0.2) is 0 Å². The molecule has 0 radical (unpaired) electrons. The lowest BCUT2D eigenvalue weighted by molar-refractivity contribution is 0.568. The Bertz CT molecular complexity index is 867. The van der Waals surface area contributed by atoms with Gasteiger partial charge in [0, 0.05) is 22.6 Å². The molecular weight excluding hydrogens is 298 g/mol. The summed E-state index contributed by atoms with van der Waals surface area (Å²) in [5.74, 6) is 0.512. The molecule has 0 fully saturated rings. The zero-order valence-electron chi connectivity index (χ0n) is 12.9. The van der Waals surface area contributed by atoms with Gasteiger partial charge >= 0.3 is 0 Å². The molecule has 4 aromatic rings. The quantitative estimate of drug-likeness (QED) is 0.519. The molecule has 4 heteroatoms. The van der Waals surface area contributed by atoms with Gasteiger partial charge in [0.15, 0.2) is 0 Å². The van der Waals surface area contributed by atoms with Crippen LogP contribution in [0, 0.1) is 0 Å². The van der Waals surface area contributed by atoms with E-state index in [1.807, 2.05) is 54.6 Å². The number of rotatable bonds is 4. The maximum Gasteiger partial charge on any atom is 0.247 e. The van der Waals surface area contributed by atoms with Crippen LogP contribution in [-0.4, -0.2) is 10.2 Å². The lowest BCUT2D eigenvalue weighted by Crippen LogP contribution is -2.09. The van der Waals surface area contributed by atoms with Crippen LogP contribution in [0.2, 0.25) is 0 Å². The van der Waals surface area contributed by atoms with Gasteiger partial charge in [0.25, 0.3) is 0 Å². The van der Waals surface area contributed by atoms with Crippen molar-refractivity contribution in [2.24, 2.45) is 0 Å². The average Bonchev–Trinajstić information content (AvgIpc) is 3.19. The summed E-state index contributed by atoms with van der Waals surface area (Å²) in [6.07, 6.45) is 1.34. The molecule has 0 aliphatic rings. The van der Waals surface area contributed by atoms with Gasteiger partial charge in [0.1, 0.15) is 0 Å². The molecule has 0 amide bonds. The van der Waals surface area contributed by atoms with Crippen molar-refractivity contribution in [3.05, 3.63) is 91.3 Å². The first-order valence-electron chi connectivity index (χ1n) is 7.69. The first kappa shape index (κ1) is 14.2. The summed E-state index contributed by atoms with van der Waals surface area (Å²) in [5, 5.41) is 7.76. The Labute approximate surface area is 140 Å². The highest BCUT2D eigenvalue weighted by Crippen LogP contribution is 2.35. The minimum atomic E-state index is 0.512. The van der Waals surface area contributed by atoms with Gasteiger partial charge in [-0.2, -0.15) is 0 Å². The molecule has 24 heavy (non-hydrogen) atoms. The van der Waals surface area contributed by atoms with Crippen LogP contribution in [-0.2, 0) is 0 Å². The number of para-hydroxylation sites is 2. The summed E-state index contributed by atoms with van der Waals surface area (Å²) in [6.45, 7) is 0. The summed E-state index contributed by atoms with van der Waals surface area (Å²) in [7, 11) is 0. The number of anilines is 3. The highest BCUT2D eigenvalue weighted by atomic mass is 16.4. The van der Waals surface area contributed by atoms with Crippen molar-refractivity contribution in [3.8, 4) is 11.5 Å². The van der Waals surface area contributed by atoms with Crippen molar-refractivity contribution in [1.82, 2.24) is 10.2 Å². The third-order valence-corrected chi connectivity index (χ3v) is 3.74. The maximum absolute atomic E-state index is 5.32. The summed E-state index contributed by atoms with van der Waals surface area (Å²) in [6, 6.07) is 28.6. The highest BCUT2D eigenvalue weighted by Gasteiger charge is 2.13. The van der Waals surface area contributed by atoms with Crippen LogP contribution in [0.4, 0.5) is 17.1 Å². The monoisotopic (exact) mass is 313 g/mol. The molecule has 4 nitrogen and oxygen atoms in total. The van der Waals surface area contributed by atoms with Crippen LogP contribution in [0.25, 0.3) is 11.5 Å². The van der Waals surface area contributed by atoms with Crippen LogP contribution in [0.3, 0.4) is 0 Å². The largest absolute Gasteiger partial charge is 0.423 e. The summed E-state index contributed by atoms with van der Waals surface area (Å²) < 4.78 is 5.32. The van der Waals surface area contributed by atoms with E-state index in [2.05, 4.69) is 45.4 Å². The molecule has 1 heterocycles. The predicted octanol–water partition coefficient (Wildman–Crippen LogP) is 5.21. The van der Waals surface area contributed by atoms with Crippen LogP contribution in [0.15, 0.2) is 95.7 Å². The fraction of sp³-hybridized carbons (Fsp3) is 0. The Hall–Kier alpha value is -3.40. The molecule has 0 aliphatic heterocycles. The molecule has 0 atom stereocenters. The highest BCUT2D eigenvalue weighted by molar-refractivity contribution is 5.78. The Morgan fingerprint density at radius 2 is 1.29 bits per heavy atom. The van der Waals surface area contributed by atoms with E-state index in [0.717, 1.165) is 22.6 Å². The van der Waals surface area contributed by atoms with Crippen molar-refractivity contribution in [2.45, 2.75) is 0 Å². The zero-order valence-corrected chi connectivity index (χ0v) is 12.9. The van der Waals surface area contributed by atoms with Crippen molar-refractivity contribution in [2.75, 3.05) is 4.90 Å². The van der Waals surface area contributed by atoms with E-state index in [0.29, 0.717) is 5.89 Å². The molecule has 0 bridgehead atoms. The van der Waals surface area contributed by atoms with E-state index in [9.17, 15) is 0 Å². The van der Waals surface area contributed by atoms with Gasteiger partial charge < -0.3 is 9.32 Å². The Morgan fingerprint density at radius 1 is 0.667 bits per heavy atom. The second-order valence-corrected chi connectivity index (χ2v) is 5.30. The SMILES string of the molecule is c1ccc(N(c2ccccc2)c2cccc(-c3nnco3)c2)cc1. The summed E-state index contributed by atoms with van der Waals surface area (Å²) in [4.78, 5) is 2.19. The van der Waals surface area contributed by atoms with Crippen molar-refractivity contribution in [1.29, 1.82) is 0 Å². The Kier molecular flexibility index (Phi) is 3.78. The molecule has 4 rings (SSSR count). The Balaban J connectivity index is 1.84. The van der Waals surface area contributed by atoms with E-state index >= 15 is 0 Å².